The second-order valence-corrected chi connectivity index (χ2v) is 4.70. The zero-order chi connectivity index (χ0) is 9.68. The smallest absolute Gasteiger partial charge is 0.235 e. The Kier molecular flexibility index (Phi) is 4.34. The highest BCUT2D eigenvalue weighted by Crippen LogP contribution is 2.00. The molecular weight excluding hydrogens is 190 g/mol. The summed E-state index contributed by atoms with van der Waals surface area (Å²) in [5, 5.41) is 0. The first-order valence-electron chi connectivity index (χ1n) is 4.29. The Morgan fingerprint density at radius 1 is 1.46 bits per heavy atom. The van der Waals surface area contributed by atoms with Crippen LogP contribution in [0.15, 0.2) is 0 Å². The second-order valence-electron chi connectivity index (χ2n) is 3.01. The third kappa shape index (κ3) is 3.84. The summed E-state index contributed by atoms with van der Waals surface area (Å²) in [7, 11) is -0.644. The molecule has 0 spiro atoms. The Hall–Kier alpha value is -0.460. The van der Waals surface area contributed by atoms with E-state index in [-0.39, 0.29) is 5.91 Å². The summed E-state index contributed by atoms with van der Waals surface area (Å²) in [6, 6.07) is 0. The van der Waals surface area contributed by atoms with Gasteiger partial charge in [-0.25, -0.2) is 5.84 Å². The molecule has 3 N–H and O–H groups in total. The average Bonchev–Trinajstić information content (AvgIpc) is 2.16. The van der Waals surface area contributed by atoms with Gasteiger partial charge in [0.15, 0.2) is 0 Å². The van der Waals surface area contributed by atoms with Crippen LogP contribution in [0.4, 0.5) is 0 Å². The van der Waals surface area contributed by atoms with Gasteiger partial charge in [0.2, 0.25) is 5.91 Å². The molecule has 1 rings (SSSR count). The van der Waals surface area contributed by atoms with Gasteiger partial charge in [0.25, 0.3) is 0 Å². The van der Waals surface area contributed by atoms with Gasteiger partial charge in [-0.15, -0.1) is 0 Å². The molecule has 1 fully saturated rings. The highest BCUT2D eigenvalue weighted by Gasteiger charge is 2.15. The minimum Gasteiger partial charge on any atom is -0.301 e. The summed E-state index contributed by atoms with van der Waals surface area (Å²) < 4.78 is 11.0. The monoisotopic (exact) mass is 205 g/mol. The summed E-state index contributed by atoms with van der Waals surface area (Å²) in [6.07, 6.45) is 0.420. The van der Waals surface area contributed by atoms with E-state index in [1.54, 1.807) is 0 Å². The Bertz CT molecular complexity index is 200. The standard InChI is InChI=1S/C7H15N3O2S/c8-9-7(11)1-2-10-3-5-13(12)6-4-10/h1-6,8H2,(H,9,11). The van der Waals surface area contributed by atoms with Crippen LogP contribution in [0.2, 0.25) is 0 Å². The molecule has 1 saturated heterocycles. The van der Waals surface area contributed by atoms with Gasteiger partial charge in [0.05, 0.1) is 0 Å². The number of nitrogens with zero attached hydrogens (tertiary/aromatic N) is 1. The molecule has 0 saturated carbocycles. The van der Waals surface area contributed by atoms with E-state index in [1.165, 1.54) is 0 Å². The molecule has 0 aromatic carbocycles. The highest BCUT2D eigenvalue weighted by molar-refractivity contribution is 7.85. The topological polar surface area (TPSA) is 75.4 Å². The van der Waals surface area contributed by atoms with Crippen molar-refractivity contribution in [2.45, 2.75) is 6.42 Å². The summed E-state index contributed by atoms with van der Waals surface area (Å²) in [5.74, 6) is 6.25. The van der Waals surface area contributed by atoms with Crippen molar-refractivity contribution < 1.29 is 9.00 Å². The molecule has 0 aliphatic carbocycles. The van der Waals surface area contributed by atoms with Gasteiger partial charge in [-0.05, 0) is 0 Å². The minimum absolute atomic E-state index is 0.147. The lowest BCUT2D eigenvalue weighted by atomic mass is 10.3. The molecule has 0 radical (unpaired) electrons. The van der Waals surface area contributed by atoms with E-state index in [2.05, 4.69) is 10.3 Å². The minimum atomic E-state index is -0.644. The normalized spacial score (nSPS) is 20.1. The third-order valence-electron chi connectivity index (χ3n) is 2.09. The largest absolute Gasteiger partial charge is 0.301 e. The molecule has 1 aliphatic heterocycles. The highest BCUT2D eigenvalue weighted by atomic mass is 32.2. The maximum atomic E-state index is 11.0. The van der Waals surface area contributed by atoms with E-state index in [4.69, 9.17) is 5.84 Å². The summed E-state index contributed by atoms with van der Waals surface area (Å²) in [5.41, 5.74) is 2.09. The van der Waals surface area contributed by atoms with Crippen LogP contribution in [0.3, 0.4) is 0 Å². The number of hydrogen-bond donors (Lipinski definition) is 2. The predicted molar refractivity (Wildman–Crippen MR) is 51.3 cm³/mol. The maximum Gasteiger partial charge on any atom is 0.235 e. The molecular formula is C7H15N3O2S. The molecule has 1 amide bonds. The summed E-state index contributed by atoms with van der Waals surface area (Å²) in [4.78, 5) is 12.9. The lowest BCUT2D eigenvalue weighted by molar-refractivity contribution is -0.121. The first-order valence-corrected chi connectivity index (χ1v) is 5.78. The van der Waals surface area contributed by atoms with Gasteiger partial charge >= 0.3 is 0 Å². The van der Waals surface area contributed by atoms with Gasteiger partial charge in [0.1, 0.15) is 0 Å². The maximum absolute atomic E-state index is 11.0. The average molecular weight is 205 g/mol. The van der Waals surface area contributed by atoms with Crippen molar-refractivity contribution in [1.29, 1.82) is 0 Å². The number of carbonyl (C=O) groups is 1. The lowest BCUT2D eigenvalue weighted by Gasteiger charge is -2.25. The molecule has 6 heteroatoms. The van der Waals surface area contributed by atoms with E-state index in [1.807, 2.05) is 0 Å². The molecule has 0 atom stereocenters. The molecule has 0 unspecified atom stereocenters. The van der Waals surface area contributed by atoms with Gasteiger partial charge in [-0.1, -0.05) is 0 Å². The lowest BCUT2D eigenvalue weighted by Crippen LogP contribution is -2.40. The number of hydrogen-bond acceptors (Lipinski definition) is 4. The number of nitrogens with two attached hydrogens (primary N) is 1. The molecule has 0 aromatic rings. The zero-order valence-electron chi connectivity index (χ0n) is 7.49. The predicted octanol–water partition coefficient (Wildman–Crippen LogP) is -1.57. The van der Waals surface area contributed by atoms with Crippen molar-refractivity contribution in [2.75, 3.05) is 31.1 Å². The van der Waals surface area contributed by atoms with Gasteiger partial charge < -0.3 is 4.90 Å². The van der Waals surface area contributed by atoms with Crippen LogP contribution in [0.5, 0.6) is 0 Å². The van der Waals surface area contributed by atoms with Crippen LogP contribution >= 0.6 is 0 Å². The summed E-state index contributed by atoms with van der Waals surface area (Å²) >= 11 is 0. The van der Waals surface area contributed by atoms with Crippen molar-refractivity contribution >= 4 is 16.7 Å². The SMILES string of the molecule is NNC(=O)CCN1CCS(=O)CC1. The Balaban J connectivity index is 2.15. The van der Waals surface area contributed by atoms with Crippen molar-refractivity contribution in [3.63, 3.8) is 0 Å². The quantitative estimate of drug-likeness (QED) is 0.332. The zero-order valence-corrected chi connectivity index (χ0v) is 8.31. The summed E-state index contributed by atoms with van der Waals surface area (Å²) in [6.45, 7) is 2.36. The number of nitrogens with one attached hydrogen (secondary N) is 1. The first-order chi connectivity index (χ1) is 6.22. The van der Waals surface area contributed by atoms with Crippen LogP contribution < -0.4 is 11.3 Å². The molecule has 76 valence electrons. The van der Waals surface area contributed by atoms with E-state index in [0.29, 0.717) is 13.0 Å². The van der Waals surface area contributed by atoms with Crippen LogP contribution in [-0.4, -0.2) is 46.2 Å². The Morgan fingerprint density at radius 3 is 2.62 bits per heavy atom. The fourth-order valence-electron chi connectivity index (χ4n) is 1.23. The van der Waals surface area contributed by atoms with E-state index in [0.717, 1.165) is 24.6 Å². The van der Waals surface area contributed by atoms with Crippen molar-refractivity contribution in [3.05, 3.63) is 0 Å². The van der Waals surface area contributed by atoms with E-state index < -0.39 is 10.8 Å². The molecule has 1 aliphatic rings. The number of hydrazine groups is 1. The van der Waals surface area contributed by atoms with Crippen molar-refractivity contribution in [1.82, 2.24) is 10.3 Å². The second kappa shape index (κ2) is 5.31. The van der Waals surface area contributed by atoms with Crippen molar-refractivity contribution in [3.8, 4) is 0 Å². The Labute approximate surface area is 80.1 Å². The van der Waals surface area contributed by atoms with Crippen LogP contribution in [-0.2, 0) is 15.6 Å². The van der Waals surface area contributed by atoms with Crippen LogP contribution in [0, 0.1) is 0 Å². The molecule has 13 heavy (non-hydrogen) atoms. The van der Waals surface area contributed by atoms with Gasteiger partial charge in [-0.2, -0.15) is 0 Å². The fraction of sp³-hybridized carbons (Fsp3) is 0.857. The van der Waals surface area contributed by atoms with Gasteiger partial charge in [-0.3, -0.25) is 14.4 Å². The van der Waals surface area contributed by atoms with Crippen molar-refractivity contribution in [2.24, 2.45) is 5.84 Å². The van der Waals surface area contributed by atoms with E-state index >= 15 is 0 Å². The number of amides is 1. The molecule has 5 nitrogen and oxygen atoms in total. The molecule has 0 bridgehead atoms. The first kappa shape index (κ1) is 10.6. The third-order valence-corrected chi connectivity index (χ3v) is 3.36. The van der Waals surface area contributed by atoms with Gasteiger partial charge in [0, 0.05) is 48.4 Å². The number of carbonyl (C=O) groups excluding carboxylic acids is 1. The van der Waals surface area contributed by atoms with Crippen LogP contribution in [0.25, 0.3) is 0 Å². The number of rotatable bonds is 3. The fourth-order valence-corrected chi connectivity index (χ4v) is 2.36. The Morgan fingerprint density at radius 2 is 2.08 bits per heavy atom. The molecule has 1 heterocycles. The van der Waals surface area contributed by atoms with E-state index in [9.17, 15) is 9.00 Å². The van der Waals surface area contributed by atoms with Crippen LogP contribution in [0.1, 0.15) is 6.42 Å². The molecule has 0 aromatic heterocycles.